The fraction of sp³-hybridized carbons (Fsp3) is 0.215. The number of pyridine rings is 4. The molecule has 5 aromatic carbocycles. The van der Waals surface area contributed by atoms with Crippen molar-refractivity contribution in [2.75, 3.05) is 53.5 Å². The number of carbonyl (C=O) groups excluding carboxylic acids is 3. The van der Waals surface area contributed by atoms with Gasteiger partial charge in [0.15, 0.2) is 23.0 Å². The van der Waals surface area contributed by atoms with Crippen molar-refractivity contribution in [2.45, 2.75) is 57.7 Å². The largest absolute Gasteiger partial charge is 0.493 e. The van der Waals surface area contributed by atoms with Crippen molar-refractivity contribution in [2.24, 2.45) is 0 Å². The second kappa shape index (κ2) is 30.3. The molecule has 24 heteroatoms. The summed E-state index contributed by atoms with van der Waals surface area (Å²) < 4.78 is 39.2. The molecular weight excluding hydrogens is 1310 g/mol. The predicted octanol–water partition coefficient (Wildman–Crippen LogP) is 12.2. The van der Waals surface area contributed by atoms with Gasteiger partial charge in [-0.25, -0.2) is 14.4 Å². The lowest BCUT2D eigenvalue weighted by molar-refractivity contribution is -0.127. The van der Waals surface area contributed by atoms with E-state index in [0.717, 1.165) is 40.5 Å². The van der Waals surface area contributed by atoms with Crippen LogP contribution in [0.2, 0.25) is 0 Å². The van der Waals surface area contributed by atoms with E-state index in [0.29, 0.717) is 132 Å². The third-order valence-electron chi connectivity index (χ3n) is 18.7. The molecule has 15 rings (SSSR count). The Morgan fingerprint density at radius 2 is 0.757 bits per heavy atom. The Morgan fingerprint density at radius 1 is 0.398 bits per heavy atom. The molecule has 3 fully saturated rings. The summed E-state index contributed by atoms with van der Waals surface area (Å²) in [6, 6.07) is 42.3. The van der Waals surface area contributed by atoms with Crippen molar-refractivity contribution < 1.29 is 38.1 Å². The maximum atomic E-state index is 13.8. The van der Waals surface area contributed by atoms with Gasteiger partial charge in [-0.2, -0.15) is 0 Å². The average molecular weight is 1380 g/mol. The third-order valence-corrected chi connectivity index (χ3v) is 18.7. The molecule has 0 bridgehead atoms. The van der Waals surface area contributed by atoms with Crippen LogP contribution >= 0.6 is 0 Å². The summed E-state index contributed by atoms with van der Waals surface area (Å²) in [5.41, 5.74) is 8.09. The molecule has 103 heavy (non-hydrogen) atoms. The zero-order valence-corrected chi connectivity index (χ0v) is 57.4. The number of para-hydroxylation sites is 2. The summed E-state index contributed by atoms with van der Waals surface area (Å²) in [6.45, 7) is 17.9. The molecule has 0 spiro atoms. The van der Waals surface area contributed by atoms with Crippen molar-refractivity contribution >= 4 is 50.8 Å². The number of piperidine rings is 1. The Morgan fingerprint density at radius 3 is 1.12 bits per heavy atom. The summed E-state index contributed by atoms with van der Waals surface area (Å²) in [5.74, 6) is 4.80. The Bertz CT molecular complexity index is 5350. The number of fused-ring (bicyclic) bond motifs is 3. The number of hydrogen-bond donors (Lipinski definition) is 0. The number of ether oxygens (including phenoxy) is 5. The number of aromatic nitrogens is 10. The van der Waals surface area contributed by atoms with Crippen LogP contribution in [0.25, 0.3) is 50.2 Å². The average Bonchev–Trinajstić information content (AvgIpc) is 1.62. The molecule has 0 aliphatic carbocycles. The Hall–Kier alpha value is -12.9. The van der Waals surface area contributed by atoms with Gasteiger partial charge in [0.25, 0.3) is 0 Å². The van der Waals surface area contributed by atoms with Crippen LogP contribution in [0.15, 0.2) is 241 Å². The summed E-state index contributed by atoms with van der Waals surface area (Å²) in [4.78, 5) is 99.2. The first-order valence-corrected chi connectivity index (χ1v) is 33.7. The van der Waals surface area contributed by atoms with Gasteiger partial charge in [0.05, 0.1) is 107 Å². The minimum absolute atomic E-state index is 0.106. The molecule has 10 heterocycles. The normalized spacial score (nSPS) is 15.6. The van der Waals surface area contributed by atoms with Crippen LogP contribution < -0.4 is 40.8 Å². The molecule has 0 saturated carbocycles. The predicted molar refractivity (Wildman–Crippen MR) is 392 cm³/mol. The molecule has 3 atom stereocenters. The van der Waals surface area contributed by atoms with E-state index in [-0.39, 0.29) is 52.9 Å². The highest BCUT2D eigenvalue weighted by atomic mass is 16.5. The molecule has 3 amide bonds. The highest BCUT2D eigenvalue weighted by molar-refractivity contribution is 5.88. The maximum Gasteiger partial charge on any atom is 0.334 e. The van der Waals surface area contributed by atoms with Gasteiger partial charge < -0.3 is 38.4 Å². The summed E-state index contributed by atoms with van der Waals surface area (Å²) >= 11 is 0. The van der Waals surface area contributed by atoms with Crippen molar-refractivity contribution in [1.82, 2.24) is 62.0 Å². The first kappa shape index (κ1) is 68.7. The summed E-state index contributed by atoms with van der Waals surface area (Å²) in [5, 5.41) is 0. The van der Waals surface area contributed by atoms with Gasteiger partial charge in [0.2, 0.25) is 17.7 Å². The molecule has 3 saturated heterocycles. The smallest absolute Gasteiger partial charge is 0.334 e. The third kappa shape index (κ3) is 14.0. The lowest BCUT2D eigenvalue weighted by atomic mass is 10.1. The number of hydrogen-bond acceptors (Lipinski definition) is 15. The number of nitrogens with zero attached hydrogens (tertiary/aromatic N) is 13. The van der Waals surface area contributed by atoms with E-state index in [9.17, 15) is 28.8 Å². The van der Waals surface area contributed by atoms with Crippen LogP contribution in [0.1, 0.15) is 54.9 Å². The highest BCUT2D eigenvalue weighted by Crippen LogP contribution is 2.38. The molecule has 522 valence electrons. The van der Waals surface area contributed by atoms with Crippen LogP contribution in [-0.4, -0.2) is 133 Å². The highest BCUT2D eigenvalue weighted by Gasteiger charge is 2.33. The van der Waals surface area contributed by atoms with Crippen molar-refractivity contribution in [3.05, 3.63) is 270 Å². The van der Waals surface area contributed by atoms with E-state index >= 15 is 0 Å². The second-order valence-corrected chi connectivity index (χ2v) is 24.9. The molecule has 0 unspecified atom stereocenters. The Kier molecular flexibility index (Phi) is 20.2. The number of benzene rings is 5. The molecule has 0 N–H and O–H groups in total. The van der Waals surface area contributed by atoms with Gasteiger partial charge in [0.1, 0.15) is 23.0 Å². The van der Waals surface area contributed by atoms with E-state index in [1.54, 1.807) is 112 Å². The number of imidazole rings is 3. The zero-order valence-electron chi connectivity index (χ0n) is 57.4. The number of methoxy groups -OCH3 is 2. The van der Waals surface area contributed by atoms with E-state index in [2.05, 4.69) is 39.7 Å². The number of aryl methyl sites for hydroxylation is 2. The molecule has 7 aromatic heterocycles. The number of rotatable bonds is 17. The van der Waals surface area contributed by atoms with Crippen LogP contribution in [0.4, 0.5) is 0 Å². The Labute approximate surface area is 592 Å². The zero-order chi connectivity index (χ0) is 71.8. The van der Waals surface area contributed by atoms with Gasteiger partial charge in [-0.05, 0) is 184 Å². The SMILES string of the molecule is C=CC(=O)N1CCC[C@@H](n2c(=O)n(-c3ccc(Oc4cccc(C)c4OC)cc3)c3cnccc32)C1.C=CC(=O)N1CC[C@@H](n2c(=O)n(-c3ccc(Oc4cccc(C)c4OC)cc3)c3cnccc32)C1.C=CC(=O)N1CC[C@@H](n2c(=O)n(-c3ccc(Oc4cccnc4)cc3)c3cnccc32)C1. The van der Waals surface area contributed by atoms with Crippen molar-refractivity contribution in [1.29, 1.82) is 0 Å². The van der Waals surface area contributed by atoms with E-state index < -0.39 is 0 Å². The first-order valence-electron chi connectivity index (χ1n) is 33.7. The van der Waals surface area contributed by atoms with Crippen LogP contribution in [0, 0.1) is 13.8 Å². The monoisotopic (exact) mass is 1380 g/mol. The van der Waals surface area contributed by atoms with Gasteiger partial charge in [-0.1, -0.05) is 44.0 Å². The Balaban J connectivity index is 0.000000138. The lowest BCUT2D eigenvalue weighted by Crippen LogP contribution is -2.42. The molecule has 3 aliphatic heterocycles. The fourth-order valence-electron chi connectivity index (χ4n) is 13.8. The van der Waals surface area contributed by atoms with Gasteiger partial charge in [0, 0.05) is 64.1 Å². The van der Waals surface area contributed by atoms with Crippen LogP contribution in [-0.2, 0) is 14.4 Å². The lowest BCUT2D eigenvalue weighted by Gasteiger charge is -2.32. The standard InChI is InChI=1S/C28H28N4O4.C27H26N4O4.C24H21N5O3/c1-4-26(33)30-16-6-8-21(18-30)32-23-14-15-29-17-24(23)31(28(32)34)20-10-12-22(13-11-20)36-25-9-5-7-19(2)27(25)35-3;1-4-25(32)29-15-13-20(17-29)31-22-12-14-28-16-23(22)30(27(31)33)19-8-10-21(11-9-19)35-24-7-5-6-18(2)26(24)34-3;1-2-23(30)27-13-10-18(16-27)29-21-9-12-26-15-22(21)28(24(29)31)17-5-7-19(8-6-17)32-20-4-3-11-25-14-20/h4-5,7,9-15,17,21H,1,6,8,16,18H2,2-3H3;4-12,14,16,20H,1,13,15,17H2,2-3H3;2-9,11-12,14-15,18H,1,10,13,16H2/t21-;20-;18-/m111/s1. The summed E-state index contributed by atoms with van der Waals surface area (Å²) in [6.07, 6.45) is 20.4. The van der Waals surface area contributed by atoms with E-state index in [4.69, 9.17) is 23.7 Å². The van der Waals surface area contributed by atoms with Gasteiger partial charge >= 0.3 is 17.1 Å². The summed E-state index contributed by atoms with van der Waals surface area (Å²) in [7, 11) is 3.23. The molecule has 12 aromatic rings. The van der Waals surface area contributed by atoms with Crippen molar-refractivity contribution in [3.8, 4) is 63.1 Å². The number of carbonyl (C=O) groups is 3. The second-order valence-electron chi connectivity index (χ2n) is 24.9. The van der Waals surface area contributed by atoms with Crippen molar-refractivity contribution in [3.63, 3.8) is 0 Å². The first-order chi connectivity index (χ1) is 50.2. The fourth-order valence-corrected chi connectivity index (χ4v) is 13.8. The van der Waals surface area contributed by atoms with E-state index in [1.807, 2.05) is 147 Å². The maximum absolute atomic E-state index is 13.8. The van der Waals surface area contributed by atoms with Gasteiger partial charge in [-0.15, -0.1) is 0 Å². The van der Waals surface area contributed by atoms with E-state index in [1.165, 1.54) is 18.2 Å². The van der Waals surface area contributed by atoms with Crippen LogP contribution in [0.5, 0.6) is 46.0 Å². The minimum atomic E-state index is -0.167. The quantitative estimate of drug-likeness (QED) is 0.0770. The molecule has 3 aliphatic rings. The number of amides is 3. The topological polar surface area (TPSA) is 239 Å². The van der Waals surface area contributed by atoms with Crippen LogP contribution in [0.3, 0.4) is 0 Å². The molecular formula is C79H75N13O11. The number of likely N-dealkylation sites (tertiary alicyclic amines) is 3. The molecule has 24 nitrogen and oxygen atoms in total. The molecule has 0 radical (unpaired) electrons. The minimum Gasteiger partial charge on any atom is -0.493 e. The van der Waals surface area contributed by atoms with Gasteiger partial charge in [-0.3, -0.25) is 61.7 Å².